The molecule has 0 saturated carbocycles. The number of aryl methyl sites for hydroxylation is 1. The second kappa shape index (κ2) is 7.25. The first-order valence-electron chi connectivity index (χ1n) is 6.13. The quantitative estimate of drug-likeness (QED) is 0.509. The van der Waals surface area contributed by atoms with Gasteiger partial charge in [0.2, 0.25) is 0 Å². The number of carbonyl (C=O) groups is 1. The van der Waals surface area contributed by atoms with Crippen molar-refractivity contribution in [2.24, 2.45) is 7.05 Å². The van der Waals surface area contributed by atoms with Crippen molar-refractivity contribution >= 4 is 5.78 Å². The summed E-state index contributed by atoms with van der Waals surface area (Å²) in [5, 5.41) is 0. The number of rotatable bonds is 8. The first kappa shape index (κ1) is 13.9. The molecule has 1 aromatic rings. The average molecular weight is 238 g/mol. The maximum atomic E-state index is 12.0. The van der Waals surface area contributed by atoms with Gasteiger partial charge in [-0.3, -0.25) is 9.69 Å². The summed E-state index contributed by atoms with van der Waals surface area (Å²) in [7, 11) is 1.89. The number of carbonyl (C=O) groups excluding carboxylic acids is 1. The molecule has 0 unspecified atom stereocenters. The van der Waals surface area contributed by atoms with Gasteiger partial charge >= 0.3 is 0 Å². The largest absolute Gasteiger partial charge is 0.380 e. The number of ether oxygens (including phenoxy) is 1. The fourth-order valence-electron chi connectivity index (χ4n) is 1.72. The van der Waals surface area contributed by atoms with Gasteiger partial charge in [0, 0.05) is 26.4 Å². The third-order valence-corrected chi connectivity index (χ3v) is 2.80. The van der Waals surface area contributed by atoms with Crippen molar-refractivity contribution in [1.82, 2.24) is 9.47 Å². The van der Waals surface area contributed by atoms with Crippen molar-refractivity contribution in [3.05, 3.63) is 24.0 Å². The summed E-state index contributed by atoms with van der Waals surface area (Å²) >= 11 is 0. The second-order valence-electron chi connectivity index (χ2n) is 3.99. The predicted octanol–water partition coefficient (Wildman–Crippen LogP) is 1.57. The molecule has 0 radical (unpaired) electrons. The molecule has 4 heteroatoms. The van der Waals surface area contributed by atoms with E-state index < -0.39 is 0 Å². The molecule has 0 amide bonds. The van der Waals surface area contributed by atoms with E-state index in [1.165, 1.54) is 0 Å². The van der Waals surface area contributed by atoms with Gasteiger partial charge in [0.1, 0.15) is 0 Å². The van der Waals surface area contributed by atoms with Gasteiger partial charge in [-0.25, -0.2) is 0 Å². The van der Waals surface area contributed by atoms with Crippen molar-refractivity contribution in [3.8, 4) is 0 Å². The number of Topliss-reactive ketones (excluding diaryl/α,β-unsaturated/α-hetero) is 1. The fourth-order valence-corrected chi connectivity index (χ4v) is 1.72. The summed E-state index contributed by atoms with van der Waals surface area (Å²) in [4.78, 5) is 14.1. The van der Waals surface area contributed by atoms with Crippen LogP contribution < -0.4 is 0 Å². The first-order valence-corrected chi connectivity index (χ1v) is 6.13. The van der Waals surface area contributed by atoms with E-state index in [9.17, 15) is 4.79 Å². The van der Waals surface area contributed by atoms with Gasteiger partial charge in [0.05, 0.1) is 18.8 Å². The molecule has 1 aromatic heterocycles. The third-order valence-electron chi connectivity index (χ3n) is 2.80. The zero-order chi connectivity index (χ0) is 12.7. The molecule has 1 rings (SSSR count). The normalized spacial score (nSPS) is 11.1. The highest BCUT2D eigenvalue weighted by molar-refractivity contribution is 5.96. The van der Waals surface area contributed by atoms with Crippen molar-refractivity contribution in [2.45, 2.75) is 13.8 Å². The SMILES string of the molecule is CCOCCN(CC)CC(=O)c1cccn1C. The van der Waals surface area contributed by atoms with Gasteiger partial charge in [-0.15, -0.1) is 0 Å². The Labute approximate surface area is 103 Å². The summed E-state index contributed by atoms with van der Waals surface area (Å²) in [6.45, 7) is 7.58. The lowest BCUT2D eigenvalue weighted by molar-refractivity contribution is 0.0860. The van der Waals surface area contributed by atoms with Crippen LogP contribution in [0, 0.1) is 0 Å². The fraction of sp³-hybridized carbons (Fsp3) is 0.615. The standard InChI is InChI=1S/C13H22N2O2/c1-4-15(9-10-17-5-2)11-13(16)12-7-6-8-14(12)3/h6-8H,4-5,9-11H2,1-3H3. The van der Waals surface area contributed by atoms with Gasteiger partial charge in [-0.1, -0.05) is 6.92 Å². The van der Waals surface area contributed by atoms with Crippen LogP contribution in [0.1, 0.15) is 24.3 Å². The summed E-state index contributed by atoms with van der Waals surface area (Å²) < 4.78 is 7.16. The van der Waals surface area contributed by atoms with Crippen molar-refractivity contribution in [2.75, 3.05) is 32.8 Å². The highest BCUT2D eigenvalue weighted by Gasteiger charge is 2.13. The van der Waals surface area contributed by atoms with Crippen LogP contribution in [0.25, 0.3) is 0 Å². The number of aromatic nitrogens is 1. The molecule has 0 fully saturated rings. The monoisotopic (exact) mass is 238 g/mol. The van der Waals surface area contributed by atoms with Crippen LogP contribution in [0.4, 0.5) is 0 Å². The minimum absolute atomic E-state index is 0.163. The highest BCUT2D eigenvalue weighted by atomic mass is 16.5. The Balaban J connectivity index is 2.45. The van der Waals surface area contributed by atoms with E-state index in [0.717, 1.165) is 25.4 Å². The first-order chi connectivity index (χ1) is 8.19. The molecule has 0 aliphatic heterocycles. The lowest BCUT2D eigenvalue weighted by atomic mass is 10.2. The smallest absolute Gasteiger partial charge is 0.193 e. The zero-order valence-electron chi connectivity index (χ0n) is 11.0. The molecular formula is C13H22N2O2. The predicted molar refractivity (Wildman–Crippen MR) is 68.4 cm³/mol. The van der Waals surface area contributed by atoms with Crippen LogP contribution in [0.15, 0.2) is 18.3 Å². The molecule has 0 atom stereocenters. The lowest BCUT2D eigenvalue weighted by Crippen LogP contribution is -2.33. The van der Waals surface area contributed by atoms with Crippen molar-refractivity contribution in [1.29, 1.82) is 0 Å². The minimum Gasteiger partial charge on any atom is -0.380 e. The maximum absolute atomic E-state index is 12.0. The molecule has 0 aromatic carbocycles. The van der Waals surface area contributed by atoms with E-state index in [0.29, 0.717) is 13.2 Å². The van der Waals surface area contributed by atoms with E-state index in [1.807, 2.05) is 36.9 Å². The summed E-state index contributed by atoms with van der Waals surface area (Å²) in [6.07, 6.45) is 1.89. The van der Waals surface area contributed by atoms with Crippen molar-refractivity contribution < 1.29 is 9.53 Å². The molecule has 0 aliphatic rings. The van der Waals surface area contributed by atoms with E-state index in [-0.39, 0.29) is 5.78 Å². The Bertz CT molecular complexity index is 347. The molecule has 96 valence electrons. The molecule has 17 heavy (non-hydrogen) atoms. The second-order valence-corrected chi connectivity index (χ2v) is 3.99. The molecular weight excluding hydrogens is 216 g/mol. The van der Waals surface area contributed by atoms with Gasteiger partial charge in [0.15, 0.2) is 5.78 Å². The van der Waals surface area contributed by atoms with Crippen LogP contribution in [0.3, 0.4) is 0 Å². The van der Waals surface area contributed by atoms with E-state index in [1.54, 1.807) is 0 Å². The molecule has 0 bridgehead atoms. The summed E-state index contributed by atoms with van der Waals surface area (Å²) in [5.41, 5.74) is 0.764. The van der Waals surface area contributed by atoms with Gasteiger partial charge in [-0.2, -0.15) is 0 Å². The number of hydrogen-bond acceptors (Lipinski definition) is 3. The van der Waals surface area contributed by atoms with Crippen LogP contribution >= 0.6 is 0 Å². The Hall–Kier alpha value is -1.13. The van der Waals surface area contributed by atoms with Crippen LogP contribution in [-0.2, 0) is 11.8 Å². The van der Waals surface area contributed by atoms with Crippen LogP contribution in [0.2, 0.25) is 0 Å². The highest BCUT2D eigenvalue weighted by Crippen LogP contribution is 2.02. The topological polar surface area (TPSA) is 34.5 Å². The Morgan fingerprint density at radius 3 is 2.76 bits per heavy atom. The molecule has 4 nitrogen and oxygen atoms in total. The van der Waals surface area contributed by atoms with Gasteiger partial charge < -0.3 is 9.30 Å². The average Bonchev–Trinajstić information content (AvgIpc) is 2.74. The van der Waals surface area contributed by atoms with Gasteiger partial charge in [-0.05, 0) is 25.6 Å². The molecule has 0 aliphatic carbocycles. The Morgan fingerprint density at radius 1 is 1.47 bits per heavy atom. The van der Waals surface area contributed by atoms with Gasteiger partial charge in [0.25, 0.3) is 0 Å². The zero-order valence-corrected chi connectivity index (χ0v) is 11.0. The van der Waals surface area contributed by atoms with Crippen LogP contribution in [-0.4, -0.2) is 48.1 Å². The van der Waals surface area contributed by atoms with E-state index in [4.69, 9.17) is 4.74 Å². The number of hydrogen-bond donors (Lipinski definition) is 0. The number of ketones is 1. The van der Waals surface area contributed by atoms with E-state index in [2.05, 4.69) is 11.8 Å². The Morgan fingerprint density at radius 2 is 2.24 bits per heavy atom. The van der Waals surface area contributed by atoms with Crippen molar-refractivity contribution in [3.63, 3.8) is 0 Å². The number of likely N-dealkylation sites (N-methyl/N-ethyl adjacent to an activating group) is 1. The van der Waals surface area contributed by atoms with Crippen LogP contribution in [0.5, 0.6) is 0 Å². The summed E-state index contributed by atoms with van der Waals surface area (Å²) in [5.74, 6) is 0.163. The number of nitrogens with zero attached hydrogens (tertiary/aromatic N) is 2. The summed E-state index contributed by atoms with van der Waals surface area (Å²) in [6, 6.07) is 3.75. The third kappa shape index (κ3) is 4.32. The minimum atomic E-state index is 0.163. The molecule has 0 N–H and O–H groups in total. The maximum Gasteiger partial charge on any atom is 0.193 e. The van der Waals surface area contributed by atoms with E-state index >= 15 is 0 Å². The Kier molecular flexibility index (Phi) is 5.94. The molecule has 0 saturated heterocycles. The molecule has 0 spiro atoms. The molecule has 1 heterocycles. The lowest BCUT2D eigenvalue weighted by Gasteiger charge is -2.19.